The van der Waals surface area contributed by atoms with E-state index in [9.17, 15) is 9.59 Å². The largest absolute Gasteiger partial charge is 0.369 e. The van der Waals surface area contributed by atoms with E-state index in [1.165, 1.54) is 0 Å². The van der Waals surface area contributed by atoms with E-state index < -0.39 is 6.04 Å². The van der Waals surface area contributed by atoms with Crippen molar-refractivity contribution in [2.45, 2.75) is 38.1 Å². The minimum absolute atomic E-state index is 0.00130. The van der Waals surface area contributed by atoms with Gasteiger partial charge in [0, 0.05) is 19.6 Å². The van der Waals surface area contributed by atoms with Crippen LogP contribution in [0.3, 0.4) is 0 Å². The number of hydrogen-bond acceptors (Lipinski definition) is 4. The van der Waals surface area contributed by atoms with Crippen molar-refractivity contribution < 1.29 is 9.59 Å². The van der Waals surface area contributed by atoms with Gasteiger partial charge in [-0.1, -0.05) is 0 Å². The molecule has 120 valence electrons. The van der Waals surface area contributed by atoms with Crippen LogP contribution in [0.4, 0.5) is 0 Å². The highest BCUT2D eigenvalue weighted by molar-refractivity contribution is 5.90. The lowest BCUT2D eigenvalue weighted by Crippen LogP contribution is -2.45. The second-order valence-electron chi connectivity index (χ2n) is 5.61. The number of nitrogens with one attached hydrogen (secondary N) is 1. The Bertz CT molecular complexity index is 492. The van der Waals surface area contributed by atoms with Gasteiger partial charge in [0.1, 0.15) is 6.04 Å². The molecule has 1 atom stereocenters. The Hall–Kier alpha value is -2.30. The van der Waals surface area contributed by atoms with Crippen LogP contribution in [0.25, 0.3) is 0 Å². The number of guanidine groups is 1. The molecule has 22 heavy (non-hydrogen) atoms. The Balaban J connectivity index is 2.00. The smallest absolute Gasteiger partial charge is 0.247 e. The van der Waals surface area contributed by atoms with E-state index in [0.29, 0.717) is 13.0 Å². The fraction of sp³-hybridized carbons (Fsp3) is 0.714. The fourth-order valence-corrected chi connectivity index (χ4v) is 2.85. The van der Waals surface area contributed by atoms with Gasteiger partial charge in [-0.15, -0.1) is 0 Å². The first-order chi connectivity index (χ1) is 10.6. The maximum atomic E-state index is 12.5. The molecular formula is C14H22N6O2. The van der Waals surface area contributed by atoms with E-state index in [0.717, 1.165) is 38.8 Å². The molecule has 0 aromatic carbocycles. The van der Waals surface area contributed by atoms with E-state index in [4.69, 9.17) is 11.0 Å². The van der Waals surface area contributed by atoms with E-state index in [1.807, 2.05) is 4.90 Å². The van der Waals surface area contributed by atoms with Crippen molar-refractivity contribution in [2.75, 3.05) is 26.2 Å². The molecule has 2 rings (SSSR count). The molecule has 0 aliphatic carbocycles. The van der Waals surface area contributed by atoms with E-state index in [2.05, 4.69) is 10.3 Å². The molecule has 0 saturated carbocycles. The molecule has 2 amide bonds. The van der Waals surface area contributed by atoms with Gasteiger partial charge >= 0.3 is 0 Å². The molecule has 8 nitrogen and oxygen atoms in total. The van der Waals surface area contributed by atoms with Crippen LogP contribution in [0.1, 0.15) is 32.1 Å². The molecule has 0 aromatic rings. The first-order valence-corrected chi connectivity index (χ1v) is 7.66. The highest BCUT2D eigenvalue weighted by Gasteiger charge is 2.29. The van der Waals surface area contributed by atoms with Gasteiger partial charge in [0.15, 0.2) is 6.19 Å². The molecule has 3 N–H and O–H groups in total. The normalized spacial score (nSPS) is 23.1. The summed E-state index contributed by atoms with van der Waals surface area (Å²) in [7, 11) is 0. The molecule has 8 heteroatoms. The maximum Gasteiger partial charge on any atom is 0.247 e. The summed E-state index contributed by atoms with van der Waals surface area (Å²) in [5.74, 6) is -0.250. The molecule has 2 heterocycles. The van der Waals surface area contributed by atoms with Crippen molar-refractivity contribution in [3.8, 4) is 6.19 Å². The van der Waals surface area contributed by atoms with Crippen molar-refractivity contribution in [3.63, 3.8) is 0 Å². The summed E-state index contributed by atoms with van der Waals surface area (Å²) in [4.78, 5) is 32.2. The topological polar surface area (TPSA) is 115 Å². The third-order valence-electron chi connectivity index (χ3n) is 4.02. The molecule has 1 unspecified atom stereocenters. The summed E-state index contributed by atoms with van der Waals surface area (Å²) in [5, 5.41) is 10.7. The number of carbonyl (C=O) groups excluding carboxylic acids is 2. The summed E-state index contributed by atoms with van der Waals surface area (Å²) in [6, 6.07) is -0.616. The maximum absolute atomic E-state index is 12.5. The van der Waals surface area contributed by atoms with Crippen LogP contribution in [-0.2, 0) is 9.59 Å². The number of hydrogen-bond donors (Lipinski definition) is 2. The minimum Gasteiger partial charge on any atom is -0.369 e. The number of aliphatic imine (C=N–C) groups is 1. The predicted octanol–water partition coefficient (Wildman–Crippen LogP) is -0.625. The number of nitriles is 1. The summed E-state index contributed by atoms with van der Waals surface area (Å²) >= 11 is 0. The summed E-state index contributed by atoms with van der Waals surface area (Å²) < 4.78 is 0. The van der Waals surface area contributed by atoms with E-state index in [-0.39, 0.29) is 24.3 Å². The highest BCUT2D eigenvalue weighted by Crippen LogP contribution is 2.16. The summed E-state index contributed by atoms with van der Waals surface area (Å²) in [6.45, 7) is 2.23. The molecule has 0 bridgehead atoms. The molecular weight excluding hydrogens is 284 g/mol. The van der Waals surface area contributed by atoms with Crippen molar-refractivity contribution in [1.82, 2.24) is 15.1 Å². The van der Waals surface area contributed by atoms with Crippen molar-refractivity contribution in [2.24, 2.45) is 10.7 Å². The van der Waals surface area contributed by atoms with Gasteiger partial charge in [0.2, 0.25) is 17.8 Å². The van der Waals surface area contributed by atoms with Crippen LogP contribution in [-0.4, -0.2) is 59.8 Å². The van der Waals surface area contributed by atoms with Crippen LogP contribution in [0, 0.1) is 11.5 Å². The lowest BCUT2D eigenvalue weighted by atomic mass is 10.1. The molecule has 0 aromatic heterocycles. The average molecular weight is 306 g/mol. The quantitative estimate of drug-likeness (QED) is 0.312. The van der Waals surface area contributed by atoms with Gasteiger partial charge in [0.25, 0.3) is 0 Å². The average Bonchev–Trinajstić information content (AvgIpc) is 2.97. The second kappa shape index (κ2) is 7.64. The predicted molar refractivity (Wildman–Crippen MR) is 80.4 cm³/mol. The number of amides is 2. The zero-order chi connectivity index (χ0) is 15.9. The van der Waals surface area contributed by atoms with Crippen molar-refractivity contribution in [3.05, 3.63) is 0 Å². The molecule has 2 aliphatic rings. The van der Waals surface area contributed by atoms with Gasteiger partial charge in [-0.3, -0.25) is 14.9 Å². The van der Waals surface area contributed by atoms with Crippen molar-refractivity contribution in [1.29, 1.82) is 5.26 Å². The zero-order valence-corrected chi connectivity index (χ0v) is 12.6. The monoisotopic (exact) mass is 306 g/mol. The first kappa shape index (κ1) is 16.1. The minimum atomic E-state index is -0.616. The third kappa shape index (κ3) is 4.10. The third-order valence-corrected chi connectivity index (χ3v) is 4.02. The Morgan fingerprint density at radius 1 is 1.32 bits per heavy atom. The lowest BCUT2D eigenvalue weighted by molar-refractivity contribution is -0.140. The Labute approximate surface area is 129 Å². The second-order valence-corrected chi connectivity index (χ2v) is 5.61. The molecule has 2 fully saturated rings. The highest BCUT2D eigenvalue weighted by atomic mass is 16.2. The fourth-order valence-electron chi connectivity index (χ4n) is 2.85. The van der Waals surface area contributed by atoms with E-state index in [1.54, 1.807) is 11.1 Å². The van der Waals surface area contributed by atoms with Crippen LogP contribution >= 0.6 is 0 Å². The van der Waals surface area contributed by atoms with E-state index >= 15 is 0 Å². The lowest BCUT2D eigenvalue weighted by Gasteiger charge is -2.25. The Morgan fingerprint density at radius 2 is 2.00 bits per heavy atom. The van der Waals surface area contributed by atoms with Crippen LogP contribution in [0.2, 0.25) is 0 Å². The van der Waals surface area contributed by atoms with Crippen LogP contribution < -0.4 is 11.1 Å². The number of rotatable bonds is 3. The van der Waals surface area contributed by atoms with Gasteiger partial charge in [-0.05, 0) is 32.1 Å². The SMILES string of the molecule is N#CNC(N)=NC1CCCCN(CC(=O)N2CCCC2)C1=O. The van der Waals surface area contributed by atoms with Gasteiger partial charge in [-0.2, -0.15) is 5.26 Å². The number of carbonyl (C=O) groups is 2. The number of nitrogens with two attached hydrogens (primary N) is 1. The molecule has 0 spiro atoms. The standard InChI is InChI=1S/C14H22N6O2/c15-10-17-14(16)18-11-5-1-2-8-20(13(11)22)9-12(21)19-6-3-4-7-19/h11H,1-9H2,(H3,16,17,18). The summed E-state index contributed by atoms with van der Waals surface area (Å²) in [5.41, 5.74) is 5.55. The van der Waals surface area contributed by atoms with Crippen molar-refractivity contribution >= 4 is 17.8 Å². The first-order valence-electron chi connectivity index (χ1n) is 7.66. The molecule has 2 saturated heterocycles. The van der Waals surface area contributed by atoms with Crippen LogP contribution in [0.5, 0.6) is 0 Å². The number of nitrogens with zero attached hydrogens (tertiary/aromatic N) is 4. The Morgan fingerprint density at radius 3 is 2.68 bits per heavy atom. The van der Waals surface area contributed by atoms with Gasteiger partial charge in [-0.25, -0.2) is 4.99 Å². The molecule has 2 aliphatic heterocycles. The molecule has 0 radical (unpaired) electrons. The summed E-state index contributed by atoms with van der Waals surface area (Å²) in [6.07, 6.45) is 6.01. The number of likely N-dealkylation sites (tertiary alicyclic amines) is 2. The van der Waals surface area contributed by atoms with Gasteiger partial charge < -0.3 is 15.5 Å². The van der Waals surface area contributed by atoms with Crippen LogP contribution in [0.15, 0.2) is 4.99 Å². The Kier molecular flexibility index (Phi) is 5.58. The zero-order valence-electron chi connectivity index (χ0n) is 12.6. The van der Waals surface area contributed by atoms with Gasteiger partial charge in [0.05, 0.1) is 6.54 Å².